The van der Waals surface area contributed by atoms with Crippen LogP contribution in [0.1, 0.15) is 0 Å². The van der Waals surface area contributed by atoms with Crippen LogP contribution in [0.25, 0.3) is 0 Å². The van der Waals surface area contributed by atoms with Crippen molar-refractivity contribution >= 4 is 11.8 Å². The van der Waals surface area contributed by atoms with Crippen molar-refractivity contribution in [2.24, 2.45) is 0 Å². The third-order valence-electron chi connectivity index (χ3n) is 1.62. The number of thioether (sulfide) groups is 1. The zero-order chi connectivity index (χ0) is 10.1. The molecule has 80 valence electrons. The number of aliphatic hydroxyl groups excluding tert-OH is 2. The van der Waals surface area contributed by atoms with Gasteiger partial charge >= 0.3 is 0 Å². The van der Waals surface area contributed by atoms with Gasteiger partial charge in [0.25, 0.3) is 0 Å². The molecule has 0 aliphatic carbocycles. The summed E-state index contributed by atoms with van der Waals surface area (Å²) in [6.45, 7) is 0.500. The van der Waals surface area contributed by atoms with Gasteiger partial charge in [-0.2, -0.15) is 11.8 Å². The number of ether oxygens (including phenoxy) is 1. The highest BCUT2D eigenvalue weighted by Crippen LogP contribution is 2.05. The lowest BCUT2D eigenvalue weighted by Gasteiger charge is -2.15. The molecule has 5 heteroatoms. The highest BCUT2D eigenvalue weighted by molar-refractivity contribution is 7.99. The van der Waals surface area contributed by atoms with Gasteiger partial charge in [-0.3, -0.25) is 0 Å². The summed E-state index contributed by atoms with van der Waals surface area (Å²) in [4.78, 5) is 0. The van der Waals surface area contributed by atoms with Gasteiger partial charge in [0.05, 0.1) is 19.3 Å². The van der Waals surface area contributed by atoms with Gasteiger partial charge in [0.15, 0.2) is 0 Å². The highest BCUT2D eigenvalue weighted by Gasteiger charge is 2.07. The van der Waals surface area contributed by atoms with E-state index >= 15 is 0 Å². The number of hydrogen-bond acceptors (Lipinski definition) is 5. The van der Waals surface area contributed by atoms with E-state index in [0.717, 1.165) is 5.75 Å². The average molecular weight is 209 g/mol. The van der Waals surface area contributed by atoms with Crippen LogP contribution in [0, 0.1) is 0 Å². The lowest BCUT2D eigenvalue weighted by atomic mass is 10.4. The van der Waals surface area contributed by atoms with Crippen LogP contribution >= 0.6 is 11.8 Å². The summed E-state index contributed by atoms with van der Waals surface area (Å²) in [5.74, 6) is 1.44. The van der Waals surface area contributed by atoms with Crippen LogP contribution in [-0.2, 0) is 4.74 Å². The van der Waals surface area contributed by atoms with Crippen LogP contribution in [0.3, 0.4) is 0 Å². The molecule has 0 rings (SSSR count). The molecule has 0 fully saturated rings. The molecule has 0 saturated carbocycles. The first-order valence-electron chi connectivity index (χ1n) is 4.27. The first-order chi connectivity index (χ1) is 6.24. The van der Waals surface area contributed by atoms with E-state index in [4.69, 9.17) is 14.9 Å². The molecule has 4 nitrogen and oxygen atoms in total. The van der Waals surface area contributed by atoms with Crippen molar-refractivity contribution in [2.45, 2.75) is 12.1 Å². The van der Waals surface area contributed by atoms with Crippen molar-refractivity contribution in [1.82, 2.24) is 5.32 Å². The summed E-state index contributed by atoms with van der Waals surface area (Å²) < 4.78 is 4.99. The lowest BCUT2D eigenvalue weighted by Crippen LogP contribution is -2.32. The second kappa shape index (κ2) is 8.77. The van der Waals surface area contributed by atoms with Gasteiger partial charge in [-0.05, 0) is 7.05 Å². The number of likely N-dealkylation sites (N-methyl/N-ethyl adjacent to an activating group) is 1. The molecule has 0 aromatic rings. The van der Waals surface area contributed by atoms with Gasteiger partial charge in [-0.15, -0.1) is 0 Å². The van der Waals surface area contributed by atoms with Gasteiger partial charge < -0.3 is 20.3 Å². The lowest BCUT2D eigenvalue weighted by molar-refractivity contribution is 0.113. The molecule has 0 spiro atoms. The van der Waals surface area contributed by atoms with Crippen molar-refractivity contribution < 1.29 is 14.9 Å². The zero-order valence-corrected chi connectivity index (χ0v) is 9.01. The smallest absolute Gasteiger partial charge is 0.0861 e. The Labute approximate surface area is 83.7 Å². The summed E-state index contributed by atoms with van der Waals surface area (Å²) in [6, 6.07) is 0.306. The minimum atomic E-state index is -0.606. The third kappa shape index (κ3) is 7.28. The Hall–Kier alpha value is 0.190. The maximum absolute atomic E-state index is 9.05. The Morgan fingerprint density at radius 3 is 2.62 bits per heavy atom. The Kier molecular flexibility index (Phi) is 8.90. The van der Waals surface area contributed by atoms with E-state index in [1.54, 1.807) is 18.9 Å². The molecule has 13 heavy (non-hydrogen) atoms. The molecule has 0 aromatic heterocycles. The minimum absolute atomic E-state index is 0.165. The van der Waals surface area contributed by atoms with E-state index in [-0.39, 0.29) is 6.61 Å². The summed E-state index contributed by atoms with van der Waals surface area (Å²) >= 11 is 1.61. The average Bonchev–Trinajstić information content (AvgIpc) is 2.16. The van der Waals surface area contributed by atoms with Crippen LogP contribution < -0.4 is 5.32 Å². The van der Waals surface area contributed by atoms with E-state index in [1.165, 1.54) is 0 Å². The summed E-state index contributed by atoms with van der Waals surface area (Å²) in [5.41, 5.74) is 0. The fourth-order valence-electron chi connectivity index (χ4n) is 0.815. The van der Waals surface area contributed by atoms with Crippen molar-refractivity contribution in [2.75, 3.05) is 38.9 Å². The van der Waals surface area contributed by atoms with Crippen molar-refractivity contribution in [1.29, 1.82) is 0 Å². The quantitative estimate of drug-likeness (QED) is 0.494. The topological polar surface area (TPSA) is 61.7 Å². The highest BCUT2D eigenvalue weighted by atomic mass is 32.2. The SMILES string of the molecule is CNC(COC)CSCC(O)CO. The zero-order valence-electron chi connectivity index (χ0n) is 8.19. The summed E-state index contributed by atoms with van der Waals surface area (Å²) in [5, 5.41) is 20.7. The van der Waals surface area contributed by atoms with Crippen molar-refractivity contribution in [3.8, 4) is 0 Å². The maximum Gasteiger partial charge on any atom is 0.0861 e. The molecule has 0 aliphatic heterocycles. The monoisotopic (exact) mass is 209 g/mol. The Bertz CT molecular complexity index is 116. The predicted molar refractivity (Wildman–Crippen MR) is 55.1 cm³/mol. The molecule has 0 heterocycles. The largest absolute Gasteiger partial charge is 0.394 e. The first kappa shape index (κ1) is 13.2. The molecular formula is C8H19NO3S. The maximum atomic E-state index is 9.05. The molecule has 2 unspecified atom stereocenters. The van der Waals surface area contributed by atoms with E-state index in [9.17, 15) is 0 Å². The van der Waals surface area contributed by atoms with Crippen LogP contribution in [-0.4, -0.2) is 61.2 Å². The predicted octanol–water partition coefficient (Wildman–Crippen LogP) is -0.693. The van der Waals surface area contributed by atoms with E-state index < -0.39 is 6.10 Å². The first-order valence-corrected chi connectivity index (χ1v) is 5.43. The standard InChI is InChI=1S/C8H19NO3S/c1-9-7(4-12-2)5-13-6-8(11)3-10/h7-11H,3-6H2,1-2H3. The number of aliphatic hydroxyl groups is 2. The van der Waals surface area contributed by atoms with Gasteiger partial charge in [0, 0.05) is 24.7 Å². The second-order valence-corrected chi connectivity index (χ2v) is 3.89. The molecule has 0 aliphatic rings. The third-order valence-corrected chi connectivity index (χ3v) is 2.87. The van der Waals surface area contributed by atoms with E-state index in [2.05, 4.69) is 5.32 Å². The van der Waals surface area contributed by atoms with Crippen LogP contribution in [0.15, 0.2) is 0 Å². The van der Waals surface area contributed by atoms with Crippen LogP contribution in [0.4, 0.5) is 0 Å². The van der Waals surface area contributed by atoms with Crippen LogP contribution in [0.2, 0.25) is 0 Å². The number of methoxy groups -OCH3 is 1. The molecule has 2 atom stereocenters. The molecule has 0 amide bonds. The summed E-state index contributed by atoms with van der Waals surface area (Å²) in [6.07, 6.45) is -0.606. The Balaban J connectivity index is 3.37. The Morgan fingerprint density at radius 2 is 2.15 bits per heavy atom. The number of hydrogen-bond donors (Lipinski definition) is 3. The minimum Gasteiger partial charge on any atom is -0.394 e. The number of nitrogens with one attached hydrogen (secondary N) is 1. The van der Waals surface area contributed by atoms with Gasteiger partial charge in [0.2, 0.25) is 0 Å². The molecule has 0 saturated heterocycles. The fraction of sp³-hybridized carbons (Fsp3) is 1.00. The Morgan fingerprint density at radius 1 is 1.46 bits per heavy atom. The normalized spacial score (nSPS) is 15.7. The molecular weight excluding hydrogens is 190 g/mol. The van der Waals surface area contributed by atoms with Crippen LogP contribution in [0.5, 0.6) is 0 Å². The molecule has 0 aromatic carbocycles. The molecule has 3 N–H and O–H groups in total. The molecule has 0 radical (unpaired) electrons. The van der Waals surface area contributed by atoms with E-state index in [1.807, 2.05) is 7.05 Å². The second-order valence-electron chi connectivity index (χ2n) is 2.81. The van der Waals surface area contributed by atoms with Gasteiger partial charge in [-0.25, -0.2) is 0 Å². The van der Waals surface area contributed by atoms with Crippen molar-refractivity contribution in [3.05, 3.63) is 0 Å². The molecule has 0 bridgehead atoms. The fourth-order valence-corrected chi connectivity index (χ4v) is 1.88. The number of rotatable bonds is 8. The summed E-state index contributed by atoms with van der Waals surface area (Å²) in [7, 11) is 3.55. The van der Waals surface area contributed by atoms with Crippen molar-refractivity contribution in [3.63, 3.8) is 0 Å². The van der Waals surface area contributed by atoms with E-state index in [0.29, 0.717) is 18.4 Å². The van der Waals surface area contributed by atoms with Gasteiger partial charge in [-0.1, -0.05) is 0 Å². The van der Waals surface area contributed by atoms with Gasteiger partial charge in [0.1, 0.15) is 0 Å².